The lowest BCUT2D eigenvalue weighted by Crippen LogP contribution is -2.19. The van der Waals surface area contributed by atoms with E-state index in [2.05, 4.69) is 10.1 Å². The standard InChI is InChI=1S/C13H15FN2O2/c1-8(2)10-4-9(6-15)5-11(14)13(10)16-12(17)7-18-3/h4-5,8H,7H2,1-3H3,(H,16,17). The molecule has 18 heavy (non-hydrogen) atoms. The van der Waals surface area contributed by atoms with Crippen molar-refractivity contribution in [2.24, 2.45) is 0 Å². The van der Waals surface area contributed by atoms with E-state index < -0.39 is 11.7 Å². The minimum absolute atomic E-state index is 0.00866. The first-order chi connectivity index (χ1) is 8.49. The Morgan fingerprint density at radius 1 is 1.56 bits per heavy atom. The quantitative estimate of drug-likeness (QED) is 0.892. The van der Waals surface area contributed by atoms with E-state index in [1.54, 1.807) is 6.07 Å². The molecule has 1 rings (SSSR count). The Kier molecular flexibility index (Phi) is 4.81. The normalized spacial score (nSPS) is 10.2. The number of hydrogen-bond acceptors (Lipinski definition) is 3. The lowest BCUT2D eigenvalue weighted by molar-refractivity contribution is -0.119. The predicted molar refractivity (Wildman–Crippen MR) is 65.7 cm³/mol. The van der Waals surface area contributed by atoms with Crippen LogP contribution in [0.4, 0.5) is 10.1 Å². The van der Waals surface area contributed by atoms with E-state index in [0.717, 1.165) is 6.07 Å². The number of benzene rings is 1. The second kappa shape index (κ2) is 6.12. The van der Waals surface area contributed by atoms with E-state index in [9.17, 15) is 9.18 Å². The summed E-state index contributed by atoms with van der Waals surface area (Å²) >= 11 is 0. The maximum Gasteiger partial charge on any atom is 0.250 e. The minimum Gasteiger partial charge on any atom is -0.375 e. The molecular formula is C13H15FN2O2. The van der Waals surface area contributed by atoms with Crippen LogP contribution in [0.1, 0.15) is 30.9 Å². The van der Waals surface area contributed by atoms with Crippen molar-refractivity contribution >= 4 is 11.6 Å². The number of ether oxygens (including phenoxy) is 1. The smallest absolute Gasteiger partial charge is 0.250 e. The molecule has 0 atom stereocenters. The maximum atomic E-state index is 13.9. The van der Waals surface area contributed by atoms with Crippen LogP contribution in [0.3, 0.4) is 0 Å². The van der Waals surface area contributed by atoms with Crippen LogP contribution in [-0.4, -0.2) is 19.6 Å². The Bertz CT molecular complexity index is 492. The molecule has 4 nitrogen and oxygen atoms in total. The molecule has 0 unspecified atom stereocenters. The van der Waals surface area contributed by atoms with Crippen LogP contribution in [0, 0.1) is 17.1 Å². The number of halogens is 1. The molecule has 0 aliphatic carbocycles. The fourth-order valence-corrected chi connectivity index (χ4v) is 1.59. The van der Waals surface area contributed by atoms with Crippen molar-refractivity contribution in [3.8, 4) is 6.07 Å². The van der Waals surface area contributed by atoms with Gasteiger partial charge >= 0.3 is 0 Å². The molecule has 0 aliphatic rings. The van der Waals surface area contributed by atoms with Crippen molar-refractivity contribution in [1.82, 2.24) is 0 Å². The first kappa shape index (κ1) is 14.1. The molecule has 0 saturated carbocycles. The highest BCUT2D eigenvalue weighted by molar-refractivity contribution is 5.92. The van der Waals surface area contributed by atoms with Crippen LogP contribution in [0.15, 0.2) is 12.1 Å². The Morgan fingerprint density at radius 2 is 2.22 bits per heavy atom. The minimum atomic E-state index is -0.609. The molecule has 0 heterocycles. The van der Waals surface area contributed by atoms with E-state index in [-0.39, 0.29) is 23.8 Å². The Labute approximate surface area is 105 Å². The highest BCUT2D eigenvalue weighted by atomic mass is 19.1. The molecule has 1 N–H and O–H groups in total. The van der Waals surface area contributed by atoms with Crippen LogP contribution >= 0.6 is 0 Å². The molecule has 96 valence electrons. The molecule has 0 aromatic heterocycles. The molecular weight excluding hydrogens is 235 g/mol. The number of carbonyl (C=O) groups excluding carboxylic acids is 1. The molecule has 0 spiro atoms. The number of carbonyl (C=O) groups is 1. The number of nitriles is 1. The van der Waals surface area contributed by atoms with Crippen molar-refractivity contribution in [2.75, 3.05) is 19.0 Å². The number of nitrogens with one attached hydrogen (secondary N) is 1. The molecule has 0 aliphatic heterocycles. The summed E-state index contributed by atoms with van der Waals surface area (Å²) in [4.78, 5) is 11.4. The van der Waals surface area contributed by atoms with Crippen molar-refractivity contribution in [3.05, 3.63) is 29.1 Å². The summed E-state index contributed by atoms with van der Waals surface area (Å²) in [7, 11) is 1.39. The van der Waals surface area contributed by atoms with Gasteiger partial charge in [0.2, 0.25) is 5.91 Å². The summed E-state index contributed by atoms with van der Waals surface area (Å²) in [6.45, 7) is 3.58. The average molecular weight is 250 g/mol. The Balaban J connectivity index is 3.17. The van der Waals surface area contributed by atoms with E-state index in [1.165, 1.54) is 7.11 Å². The fourth-order valence-electron chi connectivity index (χ4n) is 1.59. The number of rotatable bonds is 4. The zero-order valence-electron chi connectivity index (χ0n) is 10.6. The zero-order valence-corrected chi connectivity index (χ0v) is 10.6. The molecule has 1 amide bonds. The lowest BCUT2D eigenvalue weighted by Gasteiger charge is -2.15. The topological polar surface area (TPSA) is 62.1 Å². The second-order valence-electron chi connectivity index (χ2n) is 4.17. The molecule has 1 aromatic carbocycles. The number of nitrogens with zero attached hydrogens (tertiary/aromatic N) is 1. The molecule has 0 fully saturated rings. The van der Waals surface area contributed by atoms with Crippen molar-refractivity contribution in [2.45, 2.75) is 19.8 Å². The van der Waals surface area contributed by atoms with Gasteiger partial charge in [0.05, 0.1) is 17.3 Å². The predicted octanol–water partition coefficient (Wildman–Crippen LogP) is 2.41. The Hall–Kier alpha value is -1.93. The molecule has 0 radical (unpaired) electrons. The first-order valence-corrected chi connectivity index (χ1v) is 5.52. The van der Waals surface area contributed by atoms with Crippen LogP contribution in [-0.2, 0) is 9.53 Å². The van der Waals surface area contributed by atoms with E-state index in [1.807, 2.05) is 19.9 Å². The van der Waals surface area contributed by atoms with Crippen molar-refractivity contribution < 1.29 is 13.9 Å². The van der Waals surface area contributed by atoms with Crippen LogP contribution in [0.2, 0.25) is 0 Å². The monoisotopic (exact) mass is 250 g/mol. The van der Waals surface area contributed by atoms with Gasteiger partial charge in [-0.05, 0) is 23.6 Å². The summed E-state index contributed by atoms with van der Waals surface area (Å²) < 4.78 is 18.5. The Morgan fingerprint density at radius 3 is 2.72 bits per heavy atom. The summed E-state index contributed by atoms with van der Waals surface area (Å²) in [5.74, 6) is -1.05. The van der Waals surface area contributed by atoms with Gasteiger partial charge in [-0.3, -0.25) is 4.79 Å². The van der Waals surface area contributed by atoms with Gasteiger partial charge in [-0.25, -0.2) is 4.39 Å². The van der Waals surface area contributed by atoms with Gasteiger partial charge < -0.3 is 10.1 Å². The van der Waals surface area contributed by atoms with E-state index >= 15 is 0 Å². The highest BCUT2D eigenvalue weighted by Gasteiger charge is 2.16. The van der Waals surface area contributed by atoms with Gasteiger partial charge in [0.25, 0.3) is 0 Å². The second-order valence-corrected chi connectivity index (χ2v) is 4.17. The molecule has 1 aromatic rings. The van der Waals surface area contributed by atoms with Crippen molar-refractivity contribution in [1.29, 1.82) is 5.26 Å². The first-order valence-electron chi connectivity index (χ1n) is 5.52. The summed E-state index contributed by atoms with van der Waals surface area (Å²) in [6.07, 6.45) is 0. The molecule has 0 saturated heterocycles. The van der Waals surface area contributed by atoms with Crippen molar-refractivity contribution in [3.63, 3.8) is 0 Å². The van der Waals surface area contributed by atoms with E-state index in [4.69, 9.17) is 5.26 Å². The summed E-state index contributed by atoms with van der Waals surface area (Å²) in [5, 5.41) is 11.3. The zero-order chi connectivity index (χ0) is 13.7. The maximum absolute atomic E-state index is 13.9. The lowest BCUT2D eigenvalue weighted by atomic mass is 9.98. The SMILES string of the molecule is COCC(=O)Nc1c(F)cc(C#N)cc1C(C)C. The number of methoxy groups -OCH3 is 1. The summed E-state index contributed by atoms with van der Waals surface area (Å²) in [6, 6.07) is 4.58. The molecule has 5 heteroatoms. The van der Waals surface area contributed by atoms with Gasteiger partial charge in [0.15, 0.2) is 0 Å². The summed E-state index contributed by atoms with van der Waals surface area (Å²) in [5.41, 5.74) is 0.947. The van der Waals surface area contributed by atoms with Crippen LogP contribution in [0.25, 0.3) is 0 Å². The van der Waals surface area contributed by atoms with Gasteiger partial charge in [-0.2, -0.15) is 5.26 Å². The van der Waals surface area contributed by atoms with Gasteiger partial charge in [-0.1, -0.05) is 13.8 Å². The van der Waals surface area contributed by atoms with Gasteiger partial charge in [-0.15, -0.1) is 0 Å². The fraction of sp³-hybridized carbons (Fsp3) is 0.385. The number of anilines is 1. The highest BCUT2D eigenvalue weighted by Crippen LogP contribution is 2.28. The number of hydrogen-bond donors (Lipinski definition) is 1. The third-order valence-electron chi connectivity index (χ3n) is 2.41. The number of amides is 1. The average Bonchev–Trinajstić information content (AvgIpc) is 2.31. The largest absolute Gasteiger partial charge is 0.375 e. The van der Waals surface area contributed by atoms with Crippen LogP contribution in [0.5, 0.6) is 0 Å². The van der Waals surface area contributed by atoms with Crippen LogP contribution < -0.4 is 5.32 Å². The van der Waals surface area contributed by atoms with Gasteiger partial charge in [0.1, 0.15) is 12.4 Å². The third-order valence-corrected chi connectivity index (χ3v) is 2.41. The molecule has 0 bridgehead atoms. The third kappa shape index (κ3) is 3.28. The van der Waals surface area contributed by atoms with E-state index in [0.29, 0.717) is 5.56 Å². The van der Waals surface area contributed by atoms with Gasteiger partial charge in [0, 0.05) is 7.11 Å².